The predicted octanol–water partition coefficient (Wildman–Crippen LogP) is 1.17. The lowest BCUT2D eigenvalue weighted by Crippen LogP contribution is -2.41. The largest absolute Gasteiger partial charge is 0.497 e. The van der Waals surface area contributed by atoms with E-state index in [4.69, 9.17) is 10.5 Å². The molecule has 2 heterocycles. The fourth-order valence-corrected chi connectivity index (χ4v) is 4.89. The van der Waals surface area contributed by atoms with E-state index in [9.17, 15) is 18.0 Å². The average molecular weight is 420 g/mol. The molecule has 0 aliphatic carbocycles. The number of nitrogens with two attached hydrogens (primary N) is 1. The molecule has 3 rings (SSSR count). The third kappa shape index (κ3) is 4.43. The lowest BCUT2D eigenvalue weighted by Gasteiger charge is -2.30. The van der Waals surface area contributed by atoms with Gasteiger partial charge in [-0.25, -0.2) is 8.42 Å². The van der Waals surface area contributed by atoms with Gasteiger partial charge in [0.05, 0.1) is 7.11 Å². The maximum atomic E-state index is 12.9. The summed E-state index contributed by atoms with van der Waals surface area (Å²) in [6.07, 6.45) is 2.20. The first-order chi connectivity index (χ1) is 13.7. The van der Waals surface area contributed by atoms with E-state index >= 15 is 0 Å². The summed E-state index contributed by atoms with van der Waals surface area (Å²) < 4.78 is 33.5. The van der Waals surface area contributed by atoms with Gasteiger partial charge in [-0.2, -0.15) is 4.31 Å². The van der Waals surface area contributed by atoms with Crippen molar-refractivity contribution in [2.45, 2.75) is 17.7 Å². The first kappa shape index (κ1) is 20.9. The number of amides is 2. The van der Waals surface area contributed by atoms with E-state index in [1.54, 1.807) is 38.4 Å². The van der Waals surface area contributed by atoms with E-state index in [0.717, 1.165) is 0 Å². The second kappa shape index (κ2) is 8.26. The fraction of sp³-hybridized carbons (Fsp3) is 0.368. The van der Waals surface area contributed by atoms with Crippen molar-refractivity contribution in [3.8, 4) is 5.75 Å². The first-order valence-corrected chi connectivity index (χ1v) is 10.6. The Kier molecular flexibility index (Phi) is 5.94. The standard InChI is InChI=1S/C19H24N4O5S/c1-22-12-16(11-17(22)18(20)24)29(26,27)23-9-7-13(8-10-23)19(25)21-14-3-5-15(28-2)6-4-14/h3-6,11-13H,7-10H2,1-2H3,(H2,20,24)(H,21,25). The van der Waals surface area contributed by atoms with Crippen LogP contribution in [-0.4, -0.2) is 49.3 Å². The summed E-state index contributed by atoms with van der Waals surface area (Å²) in [7, 11) is -0.620. The summed E-state index contributed by atoms with van der Waals surface area (Å²) in [6, 6.07) is 8.29. The fourth-order valence-electron chi connectivity index (χ4n) is 3.35. The minimum absolute atomic E-state index is 0.0231. The van der Waals surface area contributed by atoms with Crippen molar-refractivity contribution in [3.05, 3.63) is 42.2 Å². The molecule has 0 saturated carbocycles. The topological polar surface area (TPSA) is 124 Å². The van der Waals surface area contributed by atoms with Crippen molar-refractivity contribution in [1.29, 1.82) is 0 Å². The van der Waals surface area contributed by atoms with Gasteiger partial charge in [0.25, 0.3) is 5.91 Å². The second-order valence-electron chi connectivity index (χ2n) is 6.93. The lowest BCUT2D eigenvalue weighted by molar-refractivity contribution is -0.120. The highest BCUT2D eigenvalue weighted by atomic mass is 32.2. The van der Waals surface area contributed by atoms with Gasteiger partial charge in [-0.3, -0.25) is 9.59 Å². The highest BCUT2D eigenvalue weighted by molar-refractivity contribution is 7.89. The van der Waals surface area contributed by atoms with E-state index in [1.807, 2.05) is 0 Å². The minimum atomic E-state index is -3.75. The van der Waals surface area contributed by atoms with Crippen LogP contribution >= 0.6 is 0 Å². The van der Waals surface area contributed by atoms with Crippen LogP contribution in [0.25, 0.3) is 0 Å². The van der Waals surface area contributed by atoms with E-state index in [0.29, 0.717) is 24.3 Å². The Bertz CT molecular complexity index is 1010. The maximum Gasteiger partial charge on any atom is 0.265 e. The summed E-state index contributed by atoms with van der Waals surface area (Å²) in [4.78, 5) is 23.9. The molecule has 9 nitrogen and oxygen atoms in total. The van der Waals surface area contributed by atoms with Crippen LogP contribution in [0.4, 0.5) is 5.69 Å². The van der Waals surface area contributed by atoms with Crippen LogP contribution in [0, 0.1) is 5.92 Å². The number of rotatable bonds is 6. The number of hydrogen-bond donors (Lipinski definition) is 2. The molecule has 1 aliphatic rings. The Morgan fingerprint density at radius 1 is 1.17 bits per heavy atom. The molecule has 1 aromatic carbocycles. The minimum Gasteiger partial charge on any atom is -0.497 e. The van der Waals surface area contributed by atoms with Gasteiger partial charge in [-0.05, 0) is 43.2 Å². The Labute approximate surface area is 169 Å². The third-order valence-electron chi connectivity index (χ3n) is 5.05. The summed E-state index contributed by atoms with van der Waals surface area (Å²) >= 11 is 0. The van der Waals surface area contributed by atoms with Crippen LogP contribution in [-0.2, 0) is 21.9 Å². The van der Waals surface area contributed by atoms with Gasteiger partial charge in [-0.15, -0.1) is 0 Å². The zero-order chi connectivity index (χ0) is 21.2. The van der Waals surface area contributed by atoms with Gasteiger partial charge in [0.15, 0.2) is 0 Å². The Morgan fingerprint density at radius 2 is 1.79 bits per heavy atom. The number of carbonyl (C=O) groups is 2. The van der Waals surface area contributed by atoms with Crippen molar-refractivity contribution in [2.24, 2.45) is 18.7 Å². The lowest BCUT2D eigenvalue weighted by atomic mass is 9.97. The molecule has 0 spiro atoms. The van der Waals surface area contributed by atoms with E-state index in [2.05, 4.69) is 5.32 Å². The zero-order valence-corrected chi connectivity index (χ0v) is 17.1. The third-order valence-corrected chi connectivity index (χ3v) is 6.92. The SMILES string of the molecule is COc1ccc(NC(=O)C2CCN(S(=O)(=O)c3cc(C(N)=O)n(C)c3)CC2)cc1. The van der Waals surface area contributed by atoms with Crippen LogP contribution in [0.5, 0.6) is 5.75 Å². The molecule has 1 saturated heterocycles. The molecule has 1 aromatic heterocycles. The number of nitrogens with zero attached hydrogens (tertiary/aromatic N) is 2. The molecule has 1 fully saturated rings. The number of hydrogen-bond acceptors (Lipinski definition) is 5. The number of sulfonamides is 1. The number of carbonyl (C=O) groups excluding carboxylic acids is 2. The molecule has 0 atom stereocenters. The van der Waals surface area contributed by atoms with Crippen LogP contribution in [0.2, 0.25) is 0 Å². The molecule has 3 N–H and O–H groups in total. The second-order valence-corrected chi connectivity index (χ2v) is 8.87. The van der Waals surface area contributed by atoms with Gasteiger partial charge >= 0.3 is 0 Å². The van der Waals surface area contributed by atoms with Crippen LogP contribution in [0.15, 0.2) is 41.4 Å². The Morgan fingerprint density at radius 3 is 2.31 bits per heavy atom. The Hall–Kier alpha value is -2.85. The van der Waals surface area contributed by atoms with Crippen molar-refractivity contribution in [2.75, 3.05) is 25.5 Å². The van der Waals surface area contributed by atoms with E-state index < -0.39 is 15.9 Å². The van der Waals surface area contributed by atoms with Crippen LogP contribution < -0.4 is 15.8 Å². The molecule has 2 amide bonds. The number of aromatic nitrogens is 1. The molecule has 0 bridgehead atoms. The van der Waals surface area contributed by atoms with Crippen molar-refractivity contribution in [3.63, 3.8) is 0 Å². The highest BCUT2D eigenvalue weighted by Gasteiger charge is 2.33. The van der Waals surface area contributed by atoms with Gasteiger partial charge in [0.2, 0.25) is 15.9 Å². The van der Waals surface area contributed by atoms with Crippen molar-refractivity contribution >= 4 is 27.5 Å². The molecule has 156 valence electrons. The smallest absolute Gasteiger partial charge is 0.265 e. The monoisotopic (exact) mass is 420 g/mol. The number of ether oxygens (including phenoxy) is 1. The number of benzene rings is 1. The van der Waals surface area contributed by atoms with Crippen molar-refractivity contribution in [1.82, 2.24) is 8.87 Å². The maximum absolute atomic E-state index is 12.9. The van der Waals surface area contributed by atoms with Crippen molar-refractivity contribution < 1.29 is 22.7 Å². The van der Waals surface area contributed by atoms with E-state index in [1.165, 1.54) is 21.1 Å². The molecule has 1 aliphatic heterocycles. The van der Waals surface area contributed by atoms with Gasteiger partial charge in [0, 0.05) is 37.9 Å². The average Bonchev–Trinajstić information content (AvgIpc) is 3.11. The summed E-state index contributed by atoms with van der Waals surface area (Å²) in [5.41, 5.74) is 6.04. The molecule has 10 heteroatoms. The molecule has 2 aromatic rings. The van der Waals surface area contributed by atoms with Gasteiger partial charge in [0.1, 0.15) is 16.3 Å². The van der Waals surface area contributed by atoms with Gasteiger partial charge < -0.3 is 20.4 Å². The molecular formula is C19H24N4O5S. The normalized spacial score (nSPS) is 15.8. The zero-order valence-electron chi connectivity index (χ0n) is 16.3. The quantitative estimate of drug-likeness (QED) is 0.726. The van der Waals surface area contributed by atoms with E-state index in [-0.39, 0.29) is 35.5 Å². The predicted molar refractivity (Wildman–Crippen MR) is 107 cm³/mol. The van der Waals surface area contributed by atoms with Gasteiger partial charge in [-0.1, -0.05) is 0 Å². The number of nitrogens with one attached hydrogen (secondary N) is 1. The summed E-state index contributed by atoms with van der Waals surface area (Å²) in [6.45, 7) is 0.452. The van der Waals surface area contributed by atoms with Crippen LogP contribution in [0.3, 0.4) is 0 Å². The molecule has 0 radical (unpaired) electrons. The van der Waals surface area contributed by atoms with Crippen LogP contribution in [0.1, 0.15) is 23.3 Å². The highest BCUT2D eigenvalue weighted by Crippen LogP contribution is 2.26. The molecule has 29 heavy (non-hydrogen) atoms. The number of primary amides is 1. The first-order valence-electron chi connectivity index (χ1n) is 9.13. The summed E-state index contributed by atoms with van der Waals surface area (Å²) in [5.74, 6) is -0.409. The number of piperidine rings is 1. The molecule has 0 unspecified atom stereocenters. The summed E-state index contributed by atoms with van der Waals surface area (Å²) in [5, 5.41) is 2.85. The molecular weight excluding hydrogens is 396 g/mol. The Balaban J connectivity index is 1.62. The number of anilines is 1. The number of methoxy groups -OCH3 is 1. The number of aryl methyl sites for hydroxylation is 1.